The van der Waals surface area contributed by atoms with E-state index >= 15 is 0 Å². The fourth-order valence-electron chi connectivity index (χ4n) is 1.52. The standard InChI is InChI=1S/C13H19F2N3.HI/c1-3-8-17-13(16-2)18-9-7-10-5-4-6-11(14)12(10)15;/h4-6H,3,7-9H2,1-2H3,(H2,16,17,18);1H. The minimum atomic E-state index is -0.805. The molecule has 1 rings (SSSR count). The highest BCUT2D eigenvalue weighted by Crippen LogP contribution is 2.11. The molecule has 6 heteroatoms. The SMILES string of the molecule is CCCNC(=NC)NCCc1cccc(F)c1F.I. The monoisotopic (exact) mass is 383 g/mol. The summed E-state index contributed by atoms with van der Waals surface area (Å²) in [6, 6.07) is 4.22. The van der Waals surface area contributed by atoms with E-state index < -0.39 is 11.6 Å². The fourth-order valence-corrected chi connectivity index (χ4v) is 1.52. The molecule has 0 saturated heterocycles. The molecule has 0 unspecified atom stereocenters. The molecule has 1 aromatic carbocycles. The van der Waals surface area contributed by atoms with Crippen LogP contribution in [0.5, 0.6) is 0 Å². The quantitative estimate of drug-likeness (QED) is 0.466. The van der Waals surface area contributed by atoms with Gasteiger partial charge in [0.25, 0.3) is 0 Å². The number of halogens is 3. The molecule has 3 nitrogen and oxygen atoms in total. The summed E-state index contributed by atoms with van der Waals surface area (Å²) in [5.41, 5.74) is 0.369. The molecule has 0 radical (unpaired) electrons. The van der Waals surface area contributed by atoms with Crippen LogP contribution >= 0.6 is 24.0 Å². The molecule has 0 aliphatic heterocycles. The lowest BCUT2D eigenvalue weighted by Crippen LogP contribution is -2.38. The van der Waals surface area contributed by atoms with E-state index in [4.69, 9.17) is 0 Å². The van der Waals surface area contributed by atoms with Crippen molar-refractivity contribution >= 4 is 29.9 Å². The number of hydrogen-bond donors (Lipinski definition) is 2. The van der Waals surface area contributed by atoms with Crippen molar-refractivity contribution < 1.29 is 8.78 Å². The molecule has 2 N–H and O–H groups in total. The molecule has 0 amide bonds. The Balaban J connectivity index is 0.00000324. The van der Waals surface area contributed by atoms with Gasteiger partial charge in [0.2, 0.25) is 0 Å². The van der Waals surface area contributed by atoms with E-state index in [9.17, 15) is 8.78 Å². The van der Waals surface area contributed by atoms with Gasteiger partial charge in [-0.05, 0) is 24.5 Å². The third kappa shape index (κ3) is 6.17. The lowest BCUT2D eigenvalue weighted by Gasteiger charge is -2.11. The van der Waals surface area contributed by atoms with Gasteiger partial charge in [-0.15, -0.1) is 24.0 Å². The van der Waals surface area contributed by atoms with E-state index in [0.717, 1.165) is 19.0 Å². The maximum absolute atomic E-state index is 13.4. The molecule has 0 saturated carbocycles. The molecule has 1 aromatic rings. The van der Waals surface area contributed by atoms with Crippen molar-refractivity contribution in [1.82, 2.24) is 10.6 Å². The van der Waals surface area contributed by atoms with Crippen LogP contribution in [0.3, 0.4) is 0 Å². The number of nitrogens with zero attached hydrogens (tertiary/aromatic N) is 1. The molecule has 108 valence electrons. The van der Waals surface area contributed by atoms with Crippen LogP contribution in [0, 0.1) is 11.6 Å². The van der Waals surface area contributed by atoms with Crippen molar-refractivity contribution in [2.24, 2.45) is 4.99 Å². The molecular formula is C13H20F2IN3. The number of benzene rings is 1. The van der Waals surface area contributed by atoms with Crippen LogP contribution in [0.25, 0.3) is 0 Å². The maximum atomic E-state index is 13.4. The van der Waals surface area contributed by atoms with Crippen molar-refractivity contribution in [2.45, 2.75) is 19.8 Å². The van der Waals surface area contributed by atoms with Crippen LogP contribution in [0.1, 0.15) is 18.9 Å². The van der Waals surface area contributed by atoms with Crippen LogP contribution in [-0.4, -0.2) is 26.1 Å². The minimum Gasteiger partial charge on any atom is -0.356 e. The number of rotatable bonds is 5. The van der Waals surface area contributed by atoms with Crippen LogP contribution < -0.4 is 10.6 Å². The zero-order valence-electron chi connectivity index (χ0n) is 11.2. The average molecular weight is 383 g/mol. The van der Waals surface area contributed by atoms with Crippen molar-refractivity contribution in [2.75, 3.05) is 20.1 Å². The lowest BCUT2D eigenvalue weighted by molar-refractivity contribution is 0.498. The van der Waals surface area contributed by atoms with Crippen LogP contribution in [0.2, 0.25) is 0 Å². The Bertz CT molecular complexity index is 411. The first-order valence-electron chi connectivity index (χ1n) is 6.06. The Morgan fingerprint density at radius 3 is 2.53 bits per heavy atom. The average Bonchev–Trinajstić information content (AvgIpc) is 2.38. The summed E-state index contributed by atoms with van der Waals surface area (Å²) in [5.74, 6) is -0.898. The Hall–Kier alpha value is -0.920. The summed E-state index contributed by atoms with van der Waals surface area (Å²) >= 11 is 0. The minimum absolute atomic E-state index is 0. The van der Waals surface area contributed by atoms with Gasteiger partial charge in [0.1, 0.15) is 0 Å². The van der Waals surface area contributed by atoms with E-state index in [1.165, 1.54) is 6.07 Å². The van der Waals surface area contributed by atoms with Gasteiger partial charge in [-0.3, -0.25) is 4.99 Å². The second-order valence-electron chi connectivity index (χ2n) is 3.89. The summed E-state index contributed by atoms with van der Waals surface area (Å²) in [6.45, 7) is 3.39. The molecule has 0 spiro atoms. The van der Waals surface area contributed by atoms with Crippen LogP contribution in [0.15, 0.2) is 23.2 Å². The lowest BCUT2D eigenvalue weighted by atomic mass is 10.1. The molecule has 0 aliphatic carbocycles. The van der Waals surface area contributed by atoms with Crippen molar-refractivity contribution in [1.29, 1.82) is 0 Å². The van der Waals surface area contributed by atoms with Gasteiger partial charge < -0.3 is 10.6 Å². The van der Waals surface area contributed by atoms with Gasteiger partial charge in [0.15, 0.2) is 17.6 Å². The van der Waals surface area contributed by atoms with E-state index in [1.807, 2.05) is 0 Å². The van der Waals surface area contributed by atoms with E-state index in [0.29, 0.717) is 24.5 Å². The van der Waals surface area contributed by atoms with E-state index in [1.54, 1.807) is 13.1 Å². The predicted octanol–water partition coefficient (Wildman–Crippen LogP) is 2.70. The first-order valence-corrected chi connectivity index (χ1v) is 6.06. The first-order chi connectivity index (χ1) is 8.69. The molecule has 19 heavy (non-hydrogen) atoms. The second-order valence-corrected chi connectivity index (χ2v) is 3.89. The van der Waals surface area contributed by atoms with Crippen molar-refractivity contribution in [3.8, 4) is 0 Å². The maximum Gasteiger partial charge on any atom is 0.190 e. The molecule has 0 atom stereocenters. The summed E-state index contributed by atoms with van der Waals surface area (Å²) in [5, 5.41) is 6.15. The fraction of sp³-hybridized carbons (Fsp3) is 0.462. The van der Waals surface area contributed by atoms with Gasteiger partial charge >= 0.3 is 0 Å². The summed E-state index contributed by atoms with van der Waals surface area (Å²) in [6.07, 6.45) is 1.41. The van der Waals surface area contributed by atoms with Crippen molar-refractivity contribution in [3.63, 3.8) is 0 Å². The molecule has 0 fully saturated rings. The number of aliphatic imine (C=N–C) groups is 1. The normalized spacial score (nSPS) is 10.8. The molecule has 0 heterocycles. The Kier molecular flexibility index (Phi) is 9.46. The Morgan fingerprint density at radius 2 is 1.89 bits per heavy atom. The largest absolute Gasteiger partial charge is 0.356 e. The van der Waals surface area contributed by atoms with Crippen molar-refractivity contribution in [3.05, 3.63) is 35.4 Å². The van der Waals surface area contributed by atoms with Crippen LogP contribution in [-0.2, 0) is 6.42 Å². The van der Waals surface area contributed by atoms with Gasteiger partial charge in [0, 0.05) is 20.1 Å². The Morgan fingerprint density at radius 1 is 1.21 bits per heavy atom. The smallest absolute Gasteiger partial charge is 0.190 e. The summed E-state index contributed by atoms with van der Waals surface area (Å²) in [4.78, 5) is 4.02. The Labute approximate surface area is 129 Å². The first kappa shape index (κ1) is 18.1. The highest BCUT2D eigenvalue weighted by atomic mass is 127. The van der Waals surface area contributed by atoms with Gasteiger partial charge in [-0.25, -0.2) is 8.78 Å². The number of nitrogens with one attached hydrogen (secondary N) is 2. The predicted molar refractivity (Wildman–Crippen MR) is 85.1 cm³/mol. The van der Waals surface area contributed by atoms with E-state index in [-0.39, 0.29) is 24.0 Å². The highest BCUT2D eigenvalue weighted by molar-refractivity contribution is 14.0. The van der Waals surface area contributed by atoms with Gasteiger partial charge in [0.05, 0.1) is 0 Å². The second kappa shape index (κ2) is 9.94. The van der Waals surface area contributed by atoms with Gasteiger partial charge in [-0.1, -0.05) is 19.1 Å². The molecule has 0 bridgehead atoms. The van der Waals surface area contributed by atoms with Crippen LogP contribution in [0.4, 0.5) is 8.78 Å². The van der Waals surface area contributed by atoms with Gasteiger partial charge in [-0.2, -0.15) is 0 Å². The third-order valence-corrected chi connectivity index (χ3v) is 2.48. The zero-order valence-corrected chi connectivity index (χ0v) is 13.5. The summed E-state index contributed by atoms with van der Waals surface area (Å²) < 4.78 is 26.3. The molecular weight excluding hydrogens is 363 g/mol. The number of guanidine groups is 1. The third-order valence-electron chi connectivity index (χ3n) is 2.48. The zero-order chi connectivity index (χ0) is 13.4. The summed E-state index contributed by atoms with van der Waals surface area (Å²) in [7, 11) is 1.67. The highest BCUT2D eigenvalue weighted by Gasteiger charge is 2.07. The molecule has 0 aliphatic rings. The number of hydrogen-bond acceptors (Lipinski definition) is 1. The topological polar surface area (TPSA) is 36.4 Å². The van der Waals surface area contributed by atoms with E-state index in [2.05, 4.69) is 22.5 Å². The molecule has 0 aromatic heterocycles.